The van der Waals surface area contributed by atoms with Crippen LogP contribution in [0.3, 0.4) is 0 Å². The number of esters is 1. The highest BCUT2D eigenvalue weighted by Crippen LogP contribution is 2.35. The number of hydrogen-bond acceptors (Lipinski definition) is 6. The molecule has 7 heteroatoms. The summed E-state index contributed by atoms with van der Waals surface area (Å²) >= 11 is 1.14. The average molecular weight is 373 g/mol. The second-order valence-corrected chi connectivity index (χ2v) is 7.15. The molecule has 26 heavy (non-hydrogen) atoms. The van der Waals surface area contributed by atoms with Gasteiger partial charge in [-0.15, -0.1) is 11.3 Å². The van der Waals surface area contributed by atoms with E-state index in [9.17, 15) is 9.59 Å². The summed E-state index contributed by atoms with van der Waals surface area (Å²) in [5.74, 6) is -0.714. The Labute approximate surface area is 156 Å². The molecule has 3 N–H and O–H groups in total. The molecule has 3 rings (SSSR count). The predicted octanol–water partition coefficient (Wildman–Crippen LogP) is 2.82. The van der Waals surface area contributed by atoms with Crippen LogP contribution in [0.2, 0.25) is 0 Å². The van der Waals surface area contributed by atoms with Crippen molar-refractivity contribution >= 4 is 33.9 Å². The molecule has 1 aliphatic rings. The van der Waals surface area contributed by atoms with Crippen molar-refractivity contribution in [2.24, 2.45) is 0 Å². The van der Waals surface area contributed by atoms with Crippen LogP contribution >= 0.6 is 11.3 Å². The van der Waals surface area contributed by atoms with Crippen LogP contribution in [0, 0.1) is 0 Å². The lowest BCUT2D eigenvalue weighted by Crippen LogP contribution is -2.30. The Balaban J connectivity index is 2.03. The van der Waals surface area contributed by atoms with Crippen LogP contribution in [0.5, 0.6) is 0 Å². The summed E-state index contributed by atoms with van der Waals surface area (Å²) in [6.07, 6.45) is 2.06. The largest absolute Gasteiger partial charge is 0.462 e. The molecule has 0 aliphatic carbocycles. The molecule has 1 amide bonds. The highest BCUT2D eigenvalue weighted by atomic mass is 32.1. The quantitative estimate of drug-likeness (QED) is 0.787. The molecule has 0 atom stereocenters. The van der Waals surface area contributed by atoms with Crippen LogP contribution in [0.25, 0.3) is 0 Å². The number of anilines is 2. The van der Waals surface area contributed by atoms with Gasteiger partial charge < -0.3 is 20.7 Å². The number of para-hydroxylation sites is 1. The van der Waals surface area contributed by atoms with Crippen molar-refractivity contribution in [2.75, 3.05) is 30.8 Å². The molecule has 0 radical (unpaired) electrons. The minimum Gasteiger partial charge on any atom is -0.462 e. The van der Waals surface area contributed by atoms with Gasteiger partial charge >= 0.3 is 5.97 Å². The first-order valence-electron chi connectivity index (χ1n) is 8.70. The van der Waals surface area contributed by atoms with Gasteiger partial charge in [0.05, 0.1) is 17.0 Å². The van der Waals surface area contributed by atoms with Crippen molar-refractivity contribution in [1.29, 1.82) is 0 Å². The summed E-state index contributed by atoms with van der Waals surface area (Å²) in [5, 5.41) is 2.96. The van der Waals surface area contributed by atoms with Gasteiger partial charge in [0.1, 0.15) is 5.00 Å². The number of ether oxygens (including phenoxy) is 1. The van der Waals surface area contributed by atoms with E-state index in [0.29, 0.717) is 27.5 Å². The number of nitrogens with one attached hydrogen (secondary N) is 1. The van der Waals surface area contributed by atoms with E-state index in [1.807, 2.05) is 12.1 Å². The zero-order chi connectivity index (χ0) is 18.7. The van der Waals surface area contributed by atoms with Crippen LogP contribution in [0.4, 0.5) is 10.7 Å². The first-order valence-corrected chi connectivity index (χ1v) is 9.51. The normalized spacial score (nSPS) is 13.2. The van der Waals surface area contributed by atoms with E-state index in [2.05, 4.69) is 22.3 Å². The molecule has 0 fully saturated rings. The van der Waals surface area contributed by atoms with E-state index in [4.69, 9.17) is 10.5 Å². The van der Waals surface area contributed by atoms with Crippen molar-refractivity contribution in [2.45, 2.75) is 26.3 Å². The van der Waals surface area contributed by atoms with E-state index in [1.165, 1.54) is 5.56 Å². The first kappa shape index (κ1) is 18.3. The molecule has 0 unspecified atom stereocenters. The van der Waals surface area contributed by atoms with Gasteiger partial charge in [-0.2, -0.15) is 0 Å². The van der Waals surface area contributed by atoms with Crippen LogP contribution in [-0.2, 0) is 17.7 Å². The minimum absolute atomic E-state index is 0.238. The third kappa shape index (κ3) is 3.39. The molecule has 1 aromatic heterocycles. The number of nitrogen functional groups attached to an aromatic ring is 1. The highest BCUT2D eigenvalue weighted by molar-refractivity contribution is 7.18. The van der Waals surface area contributed by atoms with E-state index in [1.54, 1.807) is 14.0 Å². The average Bonchev–Trinajstić information content (AvgIpc) is 2.97. The van der Waals surface area contributed by atoms with Gasteiger partial charge in [-0.25, -0.2) is 4.79 Å². The molecule has 0 saturated carbocycles. The number of benzene rings is 1. The number of rotatable bonds is 5. The second-order valence-electron chi connectivity index (χ2n) is 6.10. The van der Waals surface area contributed by atoms with Crippen LogP contribution < -0.4 is 16.0 Å². The summed E-state index contributed by atoms with van der Waals surface area (Å²) in [4.78, 5) is 27.5. The fourth-order valence-electron chi connectivity index (χ4n) is 3.33. The third-order valence-corrected chi connectivity index (χ3v) is 5.56. The Morgan fingerprint density at radius 3 is 2.85 bits per heavy atom. The summed E-state index contributed by atoms with van der Waals surface area (Å²) in [6.45, 7) is 3.32. The Bertz CT molecular complexity index is 831. The number of carbonyl (C=O) groups is 2. The summed E-state index contributed by atoms with van der Waals surface area (Å²) in [6, 6.07) is 8.24. The number of nitrogens with two attached hydrogens (primary N) is 1. The topological polar surface area (TPSA) is 84.7 Å². The van der Waals surface area contributed by atoms with Crippen LogP contribution in [0.1, 0.15) is 44.5 Å². The minimum atomic E-state index is -0.475. The number of fused-ring (bicyclic) bond motifs is 1. The van der Waals surface area contributed by atoms with Crippen molar-refractivity contribution in [3.05, 3.63) is 45.8 Å². The fourth-order valence-corrected chi connectivity index (χ4v) is 4.34. The van der Waals surface area contributed by atoms with Gasteiger partial charge in [0.25, 0.3) is 5.91 Å². The maximum absolute atomic E-state index is 12.5. The smallest absolute Gasteiger partial charge is 0.341 e. The molecule has 2 heterocycles. The van der Waals surface area contributed by atoms with Crippen molar-refractivity contribution in [3.63, 3.8) is 0 Å². The molecule has 1 aromatic carbocycles. The molecule has 0 spiro atoms. The lowest BCUT2D eigenvalue weighted by atomic mass is 10.0. The molecular formula is C19H23N3O3S. The van der Waals surface area contributed by atoms with Crippen molar-refractivity contribution in [3.8, 4) is 0 Å². The molecule has 0 saturated heterocycles. The Kier molecular flexibility index (Phi) is 5.46. The van der Waals surface area contributed by atoms with E-state index in [0.717, 1.165) is 36.4 Å². The van der Waals surface area contributed by atoms with Gasteiger partial charge in [-0.1, -0.05) is 18.2 Å². The maximum atomic E-state index is 12.5. The van der Waals surface area contributed by atoms with Gasteiger partial charge in [-0.05, 0) is 31.4 Å². The number of thiophene rings is 1. The van der Waals surface area contributed by atoms with E-state index >= 15 is 0 Å². The zero-order valence-corrected chi connectivity index (χ0v) is 15.8. The number of nitrogens with zero attached hydrogens (tertiary/aromatic N) is 1. The molecule has 138 valence electrons. The van der Waals surface area contributed by atoms with Gasteiger partial charge in [-0.3, -0.25) is 4.79 Å². The Morgan fingerprint density at radius 2 is 2.12 bits per heavy atom. The van der Waals surface area contributed by atoms with E-state index < -0.39 is 5.97 Å². The fraction of sp³-hybridized carbons (Fsp3) is 0.368. The Hall–Kier alpha value is -2.54. The highest BCUT2D eigenvalue weighted by Gasteiger charge is 2.29. The summed E-state index contributed by atoms with van der Waals surface area (Å²) in [7, 11) is 1.57. The number of hydrogen-bond donors (Lipinski definition) is 2. The van der Waals surface area contributed by atoms with Gasteiger partial charge in [0, 0.05) is 31.4 Å². The molecule has 6 nitrogen and oxygen atoms in total. The van der Waals surface area contributed by atoms with E-state index in [-0.39, 0.29) is 12.5 Å². The standard InChI is InChI=1S/C19H23N3O3S/c1-3-25-19(24)15-13(16(18(23)21-2)26-17(15)20)11-22-10-6-8-12-7-4-5-9-14(12)22/h4-5,7,9H,3,6,8,10-11,20H2,1-2H3,(H,21,23). The van der Waals surface area contributed by atoms with Crippen LogP contribution in [-0.4, -0.2) is 32.1 Å². The first-order chi connectivity index (χ1) is 12.6. The van der Waals surface area contributed by atoms with Crippen molar-refractivity contribution in [1.82, 2.24) is 5.32 Å². The molecular weight excluding hydrogens is 350 g/mol. The van der Waals surface area contributed by atoms with Gasteiger partial charge in [0.15, 0.2) is 0 Å². The summed E-state index contributed by atoms with van der Waals surface area (Å²) < 4.78 is 5.17. The lowest BCUT2D eigenvalue weighted by molar-refractivity contribution is 0.0527. The second kappa shape index (κ2) is 7.78. The molecule has 1 aliphatic heterocycles. The lowest BCUT2D eigenvalue weighted by Gasteiger charge is -2.31. The third-order valence-electron chi connectivity index (χ3n) is 4.50. The predicted molar refractivity (Wildman–Crippen MR) is 104 cm³/mol. The maximum Gasteiger partial charge on any atom is 0.341 e. The Morgan fingerprint density at radius 1 is 1.35 bits per heavy atom. The SMILES string of the molecule is CCOC(=O)c1c(N)sc(C(=O)NC)c1CN1CCCc2ccccc21. The number of amides is 1. The number of carbonyl (C=O) groups excluding carboxylic acids is 2. The zero-order valence-electron chi connectivity index (χ0n) is 15.0. The monoisotopic (exact) mass is 373 g/mol. The van der Waals surface area contributed by atoms with Crippen molar-refractivity contribution < 1.29 is 14.3 Å². The van der Waals surface area contributed by atoms with Crippen LogP contribution in [0.15, 0.2) is 24.3 Å². The van der Waals surface area contributed by atoms with Gasteiger partial charge in [0.2, 0.25) is 0 Å². The summed E-state index contributed by atoms with van der Waals surface area (Å²) in [5.41, 5.74) is 9.46. The molecule has 0 bridgehead atoms. The molecule has 2 aromatic rings. The number of aryl methyl sites for hydroxylation is 1.